The molecular weight excluding hydrogens is 248 g/mol. The van der Waals surface area contributed by atoms with Gasteiger partial charge in [0.05, 0.1) is 3.79 Å². The van der Waals surface area contributed by atoms with Gasteiger partial charge in [0.2, 0.25) is 0 Å². The van der Waals surface area contributed by atoms with Crippen LogP contribution in [0.15, 0.2) is 15.9 Å². The Hall–Kier alpha value is 0.1000. The Balaban J connectivity index is 2.71. The van der Waals surface area contributed by atoms with Crippen LogP contribution in [0.2, 0.25) is 0 Å². The predicted molar refractivity (Wildman–Crippen MR) is 62.0 cm³/mol. The van der Waals surface area contributed by atoms with Gasteiger partial charge >= 0.3 is 0 Å². The first-order chi connectivity index (χ1) is 6.19. The van der Waals surface area contributed by atoms with Crippen LogP contribution in [0.25, 0.3) is 0 Å². The summed E-state index contributed by atoms with van der Waals surface area (Å²) >= 11 is 5.21. The monoisotopic (exact) mass is 262 g/mol. The predicted octanol–water partition coefficient (Wildman–Crippen LogP) is 2.15. The van der Waals surface area contributed by atoms with E-state index in [4.69, 9.17) is 11.5 Å². The van der Waals surface area contributed by atoms with Crippen LogP contribution in [-0.2, 0) is 0 Å². The molecule has 0 aromatic carbocycles. The molecule has 1 aromatic rings. The van der Waals surface area contributed by atoms with Crippen molar-refractivity contribution in [3.8, 4) is 0 Å². The minimum atomic E-state index is 0.394. The Bertz CT molecular complexity index is 258. The summed E-state index contributed by atoms with van der Waals surface area (Å²) in [6.07, 6.45) is 0. The lowest BCUT2D eigenvalue weighted by molar-refractivity contribution is 0.472. The molecule has 0 radical (unpaired) electrons. The normalized spacial score (nSPS) is 13.6. The molecule has 2 nitrogen and oxygen atoms in total. The summed E-state index contributed by atoms with van der Waals surface area (Å²) in [5.41, 5.74) is 11.3. The van der Waals surface area contributed by atoms with Gasteiger partial charge in [-0.15, -0.1) is 11.3 Å². The smallest absolute Gasteiger partial charge is 0.0701 e. The van der Waals surface area contributed by atoms with Crippen molar-refractivity contribution in [1.29, 1.82) is 0 Å². The van der Waals surface area contributed by atoms with E-state index in [2.05, 4.69) is 35.0 Å². The van der Waals surface area contributed by atoms with E-state index in [0.717, 1.165) is 0 Å². The Kier molecular flexibility index (Phi) is 4.38. The standard InChI is InChI=1S/C9H15BrN2S/c1-6(7(4-11)5-12)8-2-3-9(10)13-8/h2-3,6-7H,4-5,11-12H2,1H3. The molecular formula is C9H15BrN2S. The van der Waals surface area contributed by atoms with Crippen LogP contribution in [0.1, 0.15) is 17.7 Å². The number of thiophene rings is 1. The van der Waals surface area contributed by atoms with E-state index in [1.807, 2.05) is 0 Å². The zero-order valence-electron chi connectivity index (χ0n) is 7.66. The third-order valence-corrected chi connectivity index (χ3v) is 4.18. The molecule has 4 heteroatoms. The molecule has 0 saturated heterocycles. The Morgan fingerprint density at radius 1 is 1.38 bits per heavy atom. The highest BCUT2D eigenvalue weighted by Crippen LogP contribution is 2.31. The lowest BCUT2D eigenvalue weighted by Crippen LogP contribution is -2.27. The molecule has 13 heavy (non-hydrogen) atoms. The minimum Gasteiger partial charge on any atom is -0.330 e. The van der Waals surface area contributed by atoms with Crippen LogP contribution in [0, 0.1) is 5.92 Å². The molecule has 1 rings (SSSR count). The number of halogens is 1. The lowest BCUT2D eigenvalue weighted by atomic mass is 9.93. The molecule has 0 aliphatic heterocycles. The van der Waals surface area contributed by atoms with Gasteiger partial charge in [0.15, 0.2) is 0 Å². The van der Waals surface area contributed by atoms with E-state index >= 15 is 0 Å². The summed E-state index contributed by atoms with van der Waals surface area (Å²) in [6, 6.07) is 4.21. The lowest BCUT2D eigenvalue weighted by Gasteiger charge is -2.19. The van der Waals surface area contributed by atoms with Gasteiger partial charge in [-0.2, -0.15) is 0 Å². The van der Waals surface area contributed by atoms with Crippen LogP contribution in [0.3, 0.4) is 0 Å². The highest BCUT2D eigenvalue weighted by atomic mass is 79.9. The second-order valence-corrected chi connectivity index (χ2v) is 5.66. The zero-order chi connectivity index (χ0) is 9.84. The van der Waals surface area contributed by atoms with Gasteiger partial charge in [0.1, 0.15) is 0 Å². The fourth-order valence-electron chi connectivity index (χ4n) is 1.31. The van der Waals surface area contributed by atoms with Crippen LogP contribution in [-0.4, -0.2) is 13.1 Å². The third kappa shape index (κ3) is 2.77. The maximum atomic E-state index is 5.64. The fourth-order valence-corrected chi connectivity index (χ4v) is 2.88. The summed E-state index contributed by atoms with van der Waals surface area (Å²) in [5, 5.41) is 0. The minimum absolute atomic E-state index is 0.394. The summed E-state index contributed by atoms with van der Waals surface area (Å²) < 4.78 is 1.17. The second-order valence-electron chi connectivity index (χ2n) is 3.16. The van der Waals surface area contributed by atoms with Crippen molar-refractivity contribution >= 4 is 27.3 Å². The van der Waals surface area contributed by atoms with Crippen LogP contribution in [0.5, 0.6) is 0 Å². The van der Waals surface area contributed by atoms with Crippen molar-refractivity contribution in [2.24, 2.45) is 17.4 Å². The third-order valence-electron chi connectivity index (χ3n) is 2.36. The summed E-state index contributed by atoms with van der Waals surface area (Å²) in [6.45, 7) is 3.50. The summed E-state index contributed by atoms with van der Waals surface area (Å²) in [5.74, 6) is 0.858. The molecule has 0 aliphatic rings. The van der Waals surface area contributed by atoms with Gasteiger partial charge in [-0.1, -0.05) is 6.92 Å². The molecule has 1 unspecified atom stereocenters. The molecule has 0 amide bonds. The SMILES string of the molecule is CC(c1ccc(Br)s1)C(CN)CN. The number of rotatable bonds is 4. The highest BCUT2D eigenvalue weighted by molar-refractivity contribution is 9.11. The Morgan fingerprint density at radius 2 is 2.00 bits per heavy atom. The highest BCUT2D eigenvalue weighted by Gasteiger charge is 2.17. The average Bonchev–Trinajstić information content (AvgIpc) is 2.54. The average molecular weight is 263 g/mol. The van der Waals surface area contributed by atoms with Gasteiger partial charge in [-0.05, 0) is 53.0 Å². The van der Waals surface area contributed by atoms with E-state index in [1.54, 1.807) is 11.3 Å². The van der Waals surface area contributed by atoms with Crippen LogP contribution in [0.4, 0.5) is 0 Å². The molecule has 0 saturated carbocycles. The van der Waals surface area contributed by atoms with Gasteiger partial charge < -0.3 is 11.5 Å². The van der Waals surface area contributed by atoms with Crippen molar-refractivity contribution in [3.05, 3.63) is 20.8 Å². The molecule has 0 aliphatic carbocycles. The zero-order valence-corrected chi connectivity index (χ0v) is 10.1. The van der Waals surface area contributed by atoms with E-state index in [0.29, 0.717) is 24.9 Å². The quantitative estimate of drug-likeness (QED) is 0.874. The summed E-state index contributed by atoms with van der Waals surface area (Å²) in [4.78, 5) is 1.35. The molecule has 4 N–H and O–H groups in total. The van der Waals surface area contributed by atoms with Crippen molar-refractivity contribution in [1.82, 2.24) is 0 Å². The summed E-state index contributed by atoms with van der Waals surface area (Å²) in [7, 11) is 0. The maximum absolute atomic E-state index is 5.64. The van der Waals surface area contributed by atoms with Gasteiger partial charge in [0, 0.05) is 4.88 Å². The van der Waals surface area contributed by atoms with E-state index < -0.39 is 0 Å². The van der Waals surface area contributed by atoms with Crippen LogP contribution >= 0.6 is 27.3 Å². The van der Waals surface area contributed by atoms with E-state index in [9.17, 15) is 0 Å². The first kappa shape index (κ1) is 11.2. The molecule has 0 fully saturated rings. The van der Waals surface area contributed by atoms with Gasteiger partial charge in [-0.25, -0.2) is 0 Å². The molecule has 1 atom stereocenters. The Labute approximate surface area is 91.4 Å². The van der Waals surface area contributed by atoms with E-state index in [1.165, 1.54) is 8.66 Å². The Morgan fingerprint density at radius 3 is 2.38 bits per heavy atom. The number of hydrogen-bond donors (Lipinski definition) is 2. The molecule has 0 spiro atoms. The first-order valence-corrected chi connectivity index (χ1v) is 5.95. The largest absolute Gasteiger partial charge is 0.330 e. The first-order valence-electron chi connectivity index (χ1n) is 4.34. The molecule has 1 aromatic heterocycles. The molecule has 74 valence electrons. The van der Waals surface area contributed by atoms with Crippen LogP contribution < -0.4 is 11.5 Å². The van der Waals surface area contributed by atoms with E-state index in [-0.39, 0.29) is 0 Å². The number of hydrogen-bond acceptors (Lipinski definition) is 3. The van der Waals surface area contributed by atoms with Gasteiger partial charge in [-0.3, -0.25) is 0 Å². The van der Waals surface area contributed by atoms with Crippen molar-refractivity contribution in [2.75, 3.05) is 13.1 Å². The number of nitrogens with two attached hydrogens (primary N) is 2. The topological polar surface area (TPSA) is 52.0 Å². The maximum Gasteiger partial charge on any atom is 0.0701 e. The van der Waals surface area contributed by atoms with Crippen molar-refractivity contribution in [2.45, 2.75) is 12.8 Å². The molecule has 1 heterocycles. The molecule has 0 bridgehead atoms. The second kappa shape index (κ2) is 5.10. The fraction of sp³-hybridized carbons (Fsp3) is 0.556. The van der Waals surface area contributed by atoms with Gasteiger partial charge in [0.25, 0.3) is 0 Å². The van der Waals surface area contributed by atoms with Crippen molar-refractivity contribution < 1.29 is 0 Å². The van der Waals surface area contributed by atoms with Crippen molar-refractivity contribution in [3.63, 3.8) is 0 Å².